The number of benzene rings is 2. The van der Waals surface area contributed by atoms with Crippen LogP contribution in [-0.2, 0) is 11.2 Å². The van der Waals surface area contributed by atoms with E-state index in [-0.39, 0.29) is 11.9 Å². The third-order valence-corrected chi connectivity index (χ3v) is 5.91. The van der Waals surface area contributed by atoms with E-state index in [1.54, 1.807) is 19.2 Å². The highest BCUT2D eigenvalue weighted by molar-refractivity contribution is 5.94. The van der Waals surface area contributed by atoms with Crippen molar-refractivity contribution in [3.05, 3.63) is 59.2 Å². The lowest BCUT2D eigenvalue weighted by atomic mass is 10.00. The van der Waals surface area contributed by atoms with Crippen molar-refractivity contribution in [2.75, 3.05) is 58.5 Å². The fourth-order valence-corrected chi connectivity index (χ4v) is 4.17. The van der Waals surface area contributed by atoms with Gasteiger partial charge in [-0.2, -0.15) is 0 Å². The number of ether oxygens (including phenoxy) is 2. The molecule has 0 spiro atoms. The Hall–Kier alpha value is -2.57. The number of hydrogen-bond donors (Lipinski definition) is 1. The molecule has 6 heteroatoms. The third kappa shape index (κ3) is 4.38. The quantitative estimate of drug-likeness (QED) is 0.815. The Bertz CT molecular complexity index is 847. The summed E-state index contributed by atoms with van der Waals surface area (Å²) < 4.78 is 10.7. The minimum Gasteiger partial charge on any atom is -0.497 e. The van der Waals surface area contributed by atoms with Crippen LogP contribution >= 0.6 is 0 Å². The first-order chi connectivity index (χ1) is 14.2. The van der Waals surface area contributed by atoms with Gasteiger partial charge in [0.1, 0.15) is 5.75 Å². The van der Waals surface area contributed by atoms with Gasteiger partial charge in [-0.1, -0.05) is 12.1 Å². The van der Waals surface area contributed by atoms with Gasteiger partial charge in [0.2, 0.25) is 0 Å². The SMILES string of the molecule is COc1ccc(C(=O)NC[C@H](c2ccc3c(c2)CCN3C)N2CCOCC2)cc1. The summed E-state index contributed by atoms with van der Waals surface area (Å²) in [7, 11) is 3.76. The van der Waals surface area contributed by atoms with E-state index < -0.39 is 0 Å². The highest BCUT2D eigenvalue weighted by Crippen LogP contribution is 2.31. The van der Waals surface area contributed by atoms with Gasteiger partial charge in [0.15, 0.2) is 0 Å². The molecule has 0 radical (unpaired) electrons. The normalized spacial score (nSPS) is 17.7. The second kappa shape index (κ2) is 8.84. The van der Waals surface area contributed by atoms with E-state index in [2.05, 4.69) is 40.4 Å². The zero-order valence-corrected chi connectivity index (χ0v) is 17.2. The summed E-state index contributed by atoms with van der Waals surface area (Å²) in [5, 5.41) is 3.14. The van der Waals surface area contributed by atoms with Gasteiger partial charge >= 0.3 is 0 Å². The first-order valence-corrected chi connectivity index (χ1v) is 10.2. The van der Waals surface area contributed by atoms with Crippen LogP contribution in [0.5, 0.6) is 5.75 Å². The minimum atomic E-state index is -0.0631. The van der Waals surface area contributed by atoms with E-state index in [9.17, 15) is 4.79 Å². The summed E-state index contributed by atoms with van der Waals surface area (Å²) >= 11 is 0. The van der Waals surface area contributed by atoms with Crippen LogP contribution < -0.4 is 15.0 Å². The van der Waals surface area contributed by atoms with Crippen molar-refractivity contribution in [2.45, 2.75) is 12.5 Å². The monoisotopic (exact) mass is 395 g/mol. The third-order valence-electron chi connectivity index (χ3n) is 5.91. The number of rotatable bonds is 6. The van der Waals surface area contributed by atoms with Crippen LogP contribution in [-0.4, -0.2) is 64.4 Å². The molecule has 4 rings (SSSR count). The van der Waals surface area contributed by atoms with Gasteiger partial charge < -0.3 is 19.7 Å². The lowest BCUT2D eigenvalue weighted by molar-refractivity contribution is 0.0162. The van der Waals surface area contributed by atoms with Gasteiger partial charge in [-0.15, -0.1) is 0 Å². The highest BCUT2D eigenvalue weighted by Gasteiger charge is 2.25. The Morgan fingerprint density at radius 2 is 1.90 bits per heavy atom. The number of nitrogens with zero attached hydrogens (tertiary/aromatic N) is 2. The molecule has 2 aliphatic rings. The molecule has 2 aromatic rings. The Balaban J connectivity index is 1.50. The molecule has 0 saturated carbocycles. The van der Waals surface area contributed by atoms with Crippen molar-refractivity contribution in [1.29, 1.82) is 0 Å². The molecule has 2 heterocycles. The molecule has 0 bridgehead atoms. The largest absolute Gasteiger partial charge is 0.497 e. The first-order valence-electron chi connectivity index (χ1n) is 10.2. The maximum absolute atomic E-state index is 12.7. The number of nitrogens with one attached hydrogen (secondary N) is 1. The topological polar surface area (TPSA) is 54.0 Å². The maximum Gasteiger partial charge on any atom is 0.251 e. The second-order valence-corrected chi connectivity index (χ2v) is 7.66. The molecule has 0 aliphatic carbocycles. The van der Waals surface area contributed by atoms with Gasteiger partial charge in [-0.3, -0.25) is 9.69 Å². The second-order valence-electron chi connectivity index (χ2n) is 7.66. The van der Waals surface area contributed by atoms with Crippen LogP contribution in [0.3, 0.4) is 0 Å². The molecule has 1 fully saturated rings. The molecule has 1 saturated heterocycles. The van der Waals surface area contributed by atoms with Gasteiger partial charge in [-0.25, -0.2) is 0 Å². The van der Waals surface area contributed by atoms with Crippen molar-refractivity contribution >= 4 is 11.6 Å². The van der Waals surface area contributed by atoms with Crippen molar-refractivity contribution in [3.8, 4) is 5.75 Å². The van der Waals surface area contributed by atoms with Crippen molar-refractivity contribution in [3.63, 3.8) is 0 Å². The summed E-state index contributed by atoms with van der Waals surface area (Å²) in [6, 6.07) is 14.1. The van der Waals surface area contributed by atoms with Crippen LogP contribution in [0.25, 0.3) is 0 Å². The van der Waals surface area contributed by atoms with E-state index in [0.717, 1.165) is 45.0 Å². The molecule has 1 atom stereocenters. The summed E-state index contributed by atoms with van der Waals surface area (Å²) in [6.45, 7) is 4.85. The minimum absolute atomic E-state index is 0.0631. The molecule has 1 N–H and O–H groups in total. The van der Waals surface area contributed by atoms with E-state index in [1.807, 2.05) is 12.1 Å². The fourth-order valence-electron chi connectivity index (χ4n) is 4.17. The van der Waals surface area contributed by atoms with Crippen molar-refractivity contribution in [2.24, 2.45) is 0 Å². The van der Waals surface area contributed by atoms with E-state index >= 15 is 0 Å². The maximum atomic E-state index is 12.7. The van der Waals surface area contributed by atoms with Gasteiger partial charge in [-0.05, 0) is 47.9 Å². The molecule has 6 nitrogen and oxygen atoms in total. The highest BCUT2D eigenvalue weighted by atomic mass is 16.5. The standard InChI is InChI=1S/C23H29N3O3/c1-25-10-9-19-15-18(5-8-21(19)25)22(26-11-13-29-14-12-26)16-24-23(27)17-3-6-20(28-2)7-4-17/h3-8,15,22H,9-14,16H2,1-2H3,(H,24,27)/t22-/m1/s1. The summed E-state index contributed by atoms with van der Waals surface area (Å²) in [5.74, 6) is 0.683. The molecule has 1 amide bonds. The molecule has 29 heavy (non-hydrogen) atoms. The van der Waals surface area contributed by atoms with Crippen LogP contribution in [0.15, 0.2) is 42.5 Å². The number of carbonyl (C=O) groups excluding carboxylic acids is 1. The zero-order chi connectivity index (χ0) is 20.2. The Morgan fingerprint density at radius 1 is 1.14 bits per heavy atom. The average molecular weight is 396 g/mol. The molecular weight excluding hydrogens is 366 g/mol. The Labute approximate surface area is 172 Å². The molecule has 0 unspecified atom stereocenters. The molecule has 2 aliphatic heterocycles. The summed E-state index contributed by atoms with van der Waals surface area (Å²) in [5.41, 5.74) is 4.61. The average Bonchev–Trinajstić information content (AvgIpc) is 3.15. The number of likely N-dealkylation sites (N-methyl/N-ethyl adjacent to an activating group) is 1. The molecule has 0 aromatic heterocycles. The predicted octanol–water partition coefficient (Wildman–Crippen LogP) is 2.49. The number of fused-ring (bicyclic) bond motifs is 1. The van der Waals surface area contributed by atoms with Crippen LogP contribution in [0.4, 0.5) is 5.69 Å². The predicted molar refractivity (Wildman–Crippen MR) is 114 cm³/mol. The summed E-state index contributed by atoms with van der Waals surface area (Å²) in [6.07, 6.45) is 1.08. The van der Waals surface area contributed by atoms with Gasteiger partial charge in [0.25, 0.3) is 5.91 Å². The zero-order valence-electron chi connectivity index (χ0n) is 17.2. The Morgan fingerprint density at radius 3 is 2.62 bits per heavy atom. The van der Waals surface area contributed by atoms with Crippen LogP contribution in [0, 0.1) is 0 Å². The molecular formula is C23H29N3O3. The number of amides is 1. The van der Waals surface area contributed by atoms with Gasteiger partial charge in [0.05, 0.1) is 26.4 Å². The first kappa shape index (κ1) is 19.7. The number of carbonyl (C=O) groups is 1. The smallest absolute Gasteiger partial charge is 0.251 e. The number of hydrogen-bond acceptors (Lipinski definition) is 5. The Kier molecular flexibility index (Phi) is 6.02. The lowest BCUT2D eigenvalue weighted by Gasteiger charge is -2.35. The van der Waals surface area contributed by atoms with Crippen molar-refractivity contribution in [1.82, 2.24) is 10.2 Å². The number of morpholine rings is 1. The lowest BCUT2D eigenvalue weighted by Crippen LogP contribution is -2.43. The van der Waals surface area contributed by atoms with E-state index in [4.69, 9.17) is 9.47 Å². The van der Waals surface area contributed by atoms with E-state index in [0.29, 0.717) is 12.1 Å². The van der Waals surface area contributed by atoms with Crippen LogP contribution in [0.1, 0.15) is 27.5 Å². The van der Waals surface area contributed by atoms with Gasteiger partial charge in [0, 0.05) is 44.5 Å². The van der Waals surface area contributed by atoms with Crippen LogP contribution in [0.2, 0.25) is 0 Å². The summed E-state index contributed by atoms with van der Waals surface area (Å²) in [4.78, 5) is 17.4. The number of anilines is 1. The fraction of sp³-hybridized carbons (Fsp3) is 0.435. The van der Waals surface area contributed by atoms with E-state index in [1.165, 1.54) is 16.8 Å². The molecule has 154 valence electrons. The molecule has 2 aromatic carbocycles. The van der Waals surface area contributed by atoms with Crippen molar-refractivity contribution < 1.29 is 14.3 Å². The number of methoxy groups -OCH3 is 1.